The van der Waals surface area contributed by atoms with Crippen LogP contribution in [0.3, 0.4) is 0 Å². The van der Waals surface area contributed by atoms with Crippen LogP contribution in [0.5, 0.6) is 0 Å². The summed E-state index contributed by atoms with van der Waals surface area (Å²) in [6.07, 6.45) is 55.8. The molecule has 296 valence electrons. The van der Waals surface area contributed by atoms with E-state index in [1.165, 1.54) is 141 Å². The van der Waals surface area contributed by atoms with E-state index in [1.807, 2.05) is 0 Å². The molecule has 9 saturated carbocycles. The van der Waals surface area contributed by atoms with Crippen LogP contribution in [-0.4, -0.2) is 46.1 Å². The molecule has 8 atom stereocenters. The number of nitrogens with zero attached hydrogens (tertiary/aromatic N) is 2. The van der Waals surface area contributed by atoms with Gasteiger partial charge in [0.15, 0.2) is 0 Å². The third-order valence-corrected chi connectivity index (χ3v) is 19.0. The first-order chi connectivity index (χ1) is 25.8. The first-order valence-electron chi connectivity index (χ1n) is 25.4. The van der Waals surface area contributed by atoms with Gasteiger partial charge in [-0.3, -0.25) is 9.80 Å². The summed E-state index contributed by atoms with van der Waals surface area (Å²) in [5, 5.41) is 0. The number of hydrogen-bond donors (Lipinski definition) is 0. The molecule has 0 aromatic rings. The highest BCUT2D eigenvalue weighted by atomic mass is 15.2. The normalized spacial score (nSPS) is 40.5. The Hall–Kier alpha value is -0.0800. The summed E-state index contributed by atoms with van der Waals surface area (Å²) < 4.78 is 0. The SMILES string of the molecule is C1CCC(C2C3CCC(N(C4CCCCC4)C4CCCCC4)CC3C(C3CCCCC3)C3CCC(N(C4CCCCC4)C4CCCCC4)CC32)CC1. The molecule has 2 nitrogen and oxygen atoms in total. The van der Waals surface area contributed by atoms with Gasteiger partial charge in [0.05, 0.1) is 0 Å². The lowest BCUT2D eigenvalue weighted by molar-refractivity contribution is -0.142. The smallest absolute Gasteiger partial charge is 0.0104 e. The molecule has 2 heteroatoms. The number of hydrogen-bond acceptors (Lipinski definition) is 2. The van der Waals surface area contributed by atoms with E-state index in [4.69, 9.17) is 0 Å². The Morgan fingerprint density at radius 1 is 0.212 bits per heavy atom. The molecular formula is C50H86N2. The van der Waals surface area contributed by atoms with Crippen LogP contribution in [-0.2, 0) is 0 Å². The van der Waals surface area contributed by atoms with Crippen molar-refractivity contribution in [3.63, 3.8) is 0 Å². The standard InChI is InChI=1S/C50H86N2/c1-7-19-37(20-8-1)49-45-33-31-44(52(41-27-15-5-16-28-41)42-29-17-6-18-30-42)36-48(45)50(38-21-9-2-10-22-38)46-34-32-43(35-47(46)49)51(39-23-11-3-12-24-39)40-25-13-4-14-26-40/h37-50H,1-36H2. The van der Waals surface area contributed by atoms with Gasteiger partial charge in [0.2, 0.25) is 0 Å². The molecular weight excluding hydrogens is 629 g/mol. The Balaban J connectivity index is 1.04. The summed E-state index contributed by atoms with van der Waals surface area (Å²) >= 11 is 0. The predicted molar refractivity (Wildman–Crippen MR) is 221 cm³/mol. The second-order valence-corrected chi connectivity index (χ2v) is 21.6. The first kappa shape index (κ1) is 37.5. The van der Waals surface area contributed by atoms with Crippen LogP contribution in [0.15, 0.2) is 0 Å². The van der Waals surface area contributed by atoms with Gasteiger partial charge in [-0.05, 0) is 137 Å². The fourth-order valence-electron chi connectivity index (χ4n) is 17.2. The summed E-state index contributed by atoms with van der Waals surface area (Å²) in [5.74, 6) is 8.58. The van der Waals surface area contributed by atoms with Gasteiger partial charge in [-0.2, -0.15) is 0 Å². The Labute approximate surface area is 323 Å². The molecule has 9 fully saturated rings. The van der Waals surface area contributed by atoms with Gasteiger partial charge in [0.25, 0.3) is 0 Å². The van der Waals surface area contributed by atoms with E-state index in [0.717, 1.165) is 83.6 Å². The summed E-state index contributed by atoms with van der Waals surface area (Å²) in [5.41, 5.74) is 0. The molecule has 0 aromatic carbocycles. The summed E-state index contributed by atoms with van der Waals surface area (Å²) in [4.78, 5) is 6.72. The lowest BCUT2D eigenvalue weighted by atomic mass is 9.44. The summed E-state index contributed by atoms with van der Waals surface area (Å²) in [7, 11) is 0. The maximum atomic E-state index is 3.36. The van der Waals surface area contributed by atoms with E-state index in [-0.39, 0.29) is 0 Å². The molecule has 9 aliphatic carbocycles. The Kier molecular flexibility index (Phi) is 13.0. The van der Waals surface area contributed by atoms with Crippen molar-refractivity contribution in [1.29, 1.82) is 0 Å². The third kappa shape index (κ3) is 8.04. The maximum Gasteiger partial charge on any atom is 0.0104 e. The van der Waals surface area contributed by atoms with E-state index >= 15 is 0 Å². The number of rotatable bonds is 8. The van der Waals surface area contributed by atoms with Crippen molar-refractivity contribution in [2.75, 3.05) is 0 Å². The molecule has 0 spiro atoms. The van der Waals surface area contributed by atoms with E-state index in [9.17, 15) is 0 Å². The van der Waals surface area contributed by atoms with Gasteiger partial charge in [-0.15, -0.1) is 0 Å². The van der Waals surface area contributed by atoms with Crippen molar-refractivity contribution in [2.45, 2.75) is 267 Å². The van der Waals surface area contributed by atoms with Gasteiger partial charge in [-0.25, -0.2) is 0 Å². The summed E-state index contributed by atoms with van der Waals surface area (Å²) in [6, 6.07) is 5.56. The van der Waals surface area contributed by atoms with Crippen LogP contribution in [0.25, 0.3) is 0 Å². The minimum Gasteiger partial charge on any atom is -0.294 e. The second kappa shape index (κ2) is 18.0. The molecule has 9 rings (SSSR count). The van der Waals surface area contributed by atoms with Crippen molar-refractivity contribution >= 4 is 0 Å². The van der Waals surface area contributed by atoms with E-state index in [2.05, 4.69) is 9.80 Å². The van der Waals surface area contributed by atoms with Crippen molar-refractivity contribution in [3.05, 3.63) is 0 Å². The minimum absolute atomic E-state index is 0.923. The molecule has 0 saturated heterocycles. The van der Waals surface area contributed by atoms with E-state index in [1.54, 1.807) is 89.9 Å². The van der Waals surface area contributed by atoms with Crippen molar-refractivity contribution in [1.82, 2.24) is 9.80 Å². The van der Waals surface area contributed by atoms with Gasteiger partial charge in [0.1, 0.15) is 0 Å². The lowest BCUT2D eigenvalue weighted by Gasteiger charge is -2.63. The Bertz CT molecular complexity index is 930. The van der Waals surface area contributed by atoms with Gasteiger partial charge in [0, 0.05) is 36.3 Å². The van der Waals surface area contributed by atoms with Gasteiger partial charge in [-0.1, -0.05) is 141 Å². The largest absolute Gasteiger partial charge is 0.294 e. The van der Waals surface area contributed by atoms with Crippen molar-refractivity contribution < 1.29 is 0 Å². The van der Waals surface area contributed by atoms with Crippen LogP contribution < -0.4 is 0 Å². The van der Waals surface area contributed by atoms with Gasteiger partial charge < -0.3 is 0 Å². The fourth-order valence-corrected chi connectivity index (χ4v) is 17.2. The Morgan fingerprint density at radius 2 is 0.481 bits per heavy atom. The second-order valence-electron chi connectivity index (χ2n) is 21.6. The molecule has 0 amide bonds. The predicted octanol–water partition coefficient (Wildman–Crippen LogP) is 13.9. The maximum absolute atomic E-state index is 3.36. The molecule has 9 aliphatic rings. The molecule has 8 unspecified atom stereocenters. The van der Waals surface area contributed by atoms with Crippen LogP contribution in [0, 0.1) is 47.3 Å². The minimum atomic E-state index is 0.923. The van der Waals surface area contributed by atoms with E-state index in [0.29, 0.717) is 0 Å². The van der Waals surface area contributed by atoms with Crippen molar-refractivity contribution in [2.24, 2.45) is 47.3 Å². The van der Waals surface area contributed by atoms with Crippen LogP contribution in [0.1, 0.15) is 231 Å². The Morgan fingerprint density at radius 3 is 0.769 bits per heavy atom. The third-order valence-electron chi connectivity index (χ3n) is 19.0. The molecule has 0 aromatic heterocycles. The highest BCUT2D eigenvalue weighted by molar-refractivity contribution is 5.08. The zero-order valence-corrected chi connectivity index (χ0v) is 34.4. The zero-order chi connectivity index (χ0) is 34.7. The lowest BCUT2D eigenvalue weighted by Crippen LogP contribution is -2.61. The average molecular weight is 715 g/mol. The van der Waals surface area contributed by atoms with Crippen LogP contribution >= 0.6 is 0 Å². The summed E-state index contributed by atoms with van der Waals surface area (Å²) in [6.45, 7) is 0. The average Bonchev–Trinajstić information content (AvgIpc) is 3.22. The fraction of sp³-hybridized carbons (Fsp3) is 1.00. The highest BCUT2D eigenvalue weighted by Gasteiger charge is 2.58. The molecule has 0 radical (unpaired) electrons. The molecule has 0 aliphatic heterocycles. The monoisotopic (exact) mass is 715 g/mol. The zero-order valence-electron chi connectivity index (χ0n) is 34.4. The van der Waals surface area contributed by atoms with Crippen molar-refractivity contribution in [3.8, 4) is 0 Å². The molecule has 0 heterocycles. The molecule has 0 N–H and O–H groups in total. The van der Waals surface area contributed by atoms with Gasteiger partial charge >= 0.3 is 0 Å². The molecule has 0 bridgehead atoms. The molecule has 52 heavy (non-hydrogen) atoms. The first-order valence-corrected chi connectivity index (χ1v) is 25.4. The quantitative estimate of drug-likeness (QED) is 0.247. The van der Waals surface area contributed by atoms with E-state index < -0.39 is 0 Å². The highest BCUT2D eigenvalue weighted by Crippen LogP contribution is 2.63. The van der Waals surface area contributed by atoms with Crippen LogP contribution in [0.2, 0.25) is 0 Å². The van der Waals surface area contributed by atoms with Crippen LogP contribution in [0.4, 0.5) is 0 Å². The number of fused-ring (bicyclic) bond motifs is 2. The topological polar surface area (TPSA) is 6.48 Å².